The molecule has 0 spiro atoms. The summed E-state index contributed by atoms with van der Waals surface area (Å²) in [6.07, 6.45) is 5.18. The predicted molar refractivity (Wildman–Crippen MR) is 112 cm³/mol. The Hall–Kier alpha value is -1.99. The lowest BCUT2D eigenvalue weighted by Gasteiger charge is -2.30. The first-order valence-electron chi connectivity index (χ1n) is 10.8. The second-order valence-corrected chi connectivity index (χ2v) is 8.59. The molecule has 2 aliphatic heterocycles. The molecule has 1 saturated heterocycles. The van der Waals surface area contributed by atoms with Gasteiger partial charge in [-0.2, -0.15) is 0 Å². The average molecular weight is 395 g/mol. The summed E-state index contributed by atoms with van der Waals surface area (Å²) in [6, 6.07) is 12.7. The highest BCUT2D eigenvalue weighted by Crippen LogP contribution is 2.37. The molecule has 2 unspecified atom stereocenters. The van der Waals surface area contributed by atoms with Crippen LogP contribution < -0.4 is 10.6 Å². The van der Waals surface area contributed by atoms with Crippen LogP contribution in [0.1, 0.15) is 35.6 Å². The average Bonchev–Trinajstić information content (AvgIpc) is 3.66. The standard InChI is InChI=1S/C23H30N4O2/c28-20(15-27-10-8-17-3-1-2-4-19(17)14-27)13-26-23-22(29-23)18-7-9-24-21(11-18)25-12-16-5-6-16/h1-4,7,9,11,16,20,22-23,26,28H,5-6,8,10,12-15H2,(H,24,25)/t20-,22?,23?/m0/s1. The molecule has 3 atom stereocenters. The lowest BCUT2D eigenvalue weighted by atomic mass is 10.00. The second kappa shape index (κ2) is 8.40. The maximum absolute atomic E-state index is 10.5. The van der Waals surface area contributed by atoms with E-state index in [-0.39, 0.29) is 12.3 Å². The van der Waals surface area contributed by atoms with Gasteiger partial charge in [-0.3, -0.25) is 10.2 Å². The van der Waals surface area contributed by atoms with E-state index in [1.165, 1.54) is 24.0 Å². The molecule has 0 amide bonds. The van der Waals surface area contributed by atoms with E-state index in [9.17, 15) is 5.11 Å². The Balaban J connectivity index is 1.06. The first-order valence-corrected chi connectivity index (χ1v) is 10.8. The molecular formula is C23H30N4O2. The van der Waals surface area contributed by atoms with Crippen molar-refractivity contribution in [3.8, 4) is 0 Å². The minimum atomic E-state index is -0.404. The van der Waals surface area contributed by atoms with Crippen LogP contribution in [0.5, 0.6) is 0 Å². The van der Waals surface area contributed by atoms with Crippen molar-refractivity contribution in [1.29, 1.82) is 0 Å². The zero-order valence-electron chi connectivity index (χ0n) is 16.8. The van der Waals surface area contributed by atoms with Gasteiger partial charge in [0.1, 0.15) is 18.1 Å². The number of rotatable bonds is 9. The zero-order chi connectivity index (χ0) is 19.6. The smallest absolute Gasteiger partial charge is 0.140 e. The van der Waals surface area contributed by atoms with Crippen LogP contribution in [0.25, 0.3) is 0 Å². The minimum absolute atomic E-state index is 0.0228. The van der Waals surface area contributed by atoms with E-state index in [0.29, 0.717) is 13.1 Å². The highest BCUT2D eigenvalue weighted by Gasteiger charge is 2.40. The first kappa shape index (κ1) is 19.0. The molecule has 0 bridgehead atoms. The molecule has 1 aromatic heterocycles. The van der Waals surface area contributed by atoms with E-state index in [1.54, 1.807) is 0 Å². The molecule has 3 heterocycles. The molecule has 2 aromatic rings. The van der Waals surface area contributed by atoms with Gasteiger partial charge in [-0.25, -0.2) is 4.98 Å². The number of β-amino-alcohol motifs (C(OH)–C–C–N with tert-alkyl or cyclic N) is 1. The highest BCUT2D eigenvalue weighted by atomic mass is 16.6. The Labute approximate surface area is 172 Å². The number of fused-ring (bicyclic) bond motifs is 1. The molecule has 6 heteroatoms. The normalized spacial score (nSPS) is 24.7. The molecular weight excluding hydrogens is 364 g/mol. The van der Waals surface area contributed by atoms with Gasteiger partial charge in [0.15, 0.2) is 0 Å². The van der Waals surface area contributed by atoms with E-state index in [2.05, 4.69) is 50.8 Å². The number of nitrogens with one attached hydrogen (secondary N) is 2. The van der Waals surface area contributed by atoms with Gasteiger partial charge in [-0.05, 0) is 54.0 Å². The summed E-state index contributed by atoms with van der Waals surface area (Å²) in [5, 5.41) is 17.2. The number of benzene rings is 1. The number of aliphatic hydroxyl groups excluding tert-OH is 1. The quantitative estimate of drug-likeness (QED) is 0.567. The molecule has 0 radical (unpaired) electrons. The molecule has 2 fully saturated rings. The molecule has 6 nitrogen and oxygen atoms in total. The van der Waals surface area contributed by atoms with Crippen LogP contribution in [0, 0.1) is 5.92 Å². The fourth-order valence-electron chi connectivity index (χ4n) is 4.14. The van der Waals surface area contributed by atoms with E-state index in [0.717, 1.165) is 43.4 Å². The number of pyridine rings is 1. The van der Waals surface area contributed by atoms with Crippen LogP contribution in [0.15, 0.2) is 42.6 Å². The number of epoxide rings is 1. The lowest BCUT2D eigenvalue weighted by Crippen LogP contribution is -2.41. The van der Waals surface area contributed by atoms with Crippen molar-refractivity contribution in [2.24, 2.45) is 5.92 Å². The van der Waals surface area contributed by atoms with Gasteiger partial charge >= 0.3 is 0 Å². The number of anilines is 1. The van der Waals surface area contributed by atoms with Crippen molar-refractivity contribution < 1.29 is 9.84 Å². The fourth-order valence-corrected chi connectivity index (χ4v) is 4.14. The SMILES string of the molecule is O[C@@H](CNC1OC1c1ccnc(NCC2CC2)c1)CN1CCc2ccccc2C1. The Morgan fingerprint density at radius 1 is 1.21 bits per heavy atom. The summed E-state index contributed by atoms with van der Waals surface area (Å²) in [7, 11) is 0. The maximum Gasteiger partial charge on any atom is 0.140 e. The molecule has 1 aromatic carbocycles. The van der Waals surface area contributed by atoms with E-state index in [1.807, 2.05) is 12.3 Å². The fraction of sp³-hybridized carbons (Fsp3) is 0.522. The first-order chi connectivity index (χ1) is 14.2. The van der Waals surface area contributed by atoms with Crippen LogP contribution in [-0.4, -0.2) is 53.5 Å². The maximum atomic E-state index is 10.5. The molecule has 29 heavy (non-hydrogen) atoms. The monoisotopic (exact) mass is 394 g/mol. The topological polar surface area (TPSA) is 72.9 Å². The molecule has 154 valence electrons. The number of aromatic nitrogens is 1. The van der Waals surface area contributed by atoms with Crippen molar-refractivity contribution in [2.45, 2.75) is 44.2 Å². The minimum Gasteiger partial charge on any atom is -0.390 e. The summed E-state index contributed by atoms with van der Waals surface area (Å²) < 4.78 is 5.79. The Morgan fingerprint density at radius 2 is 2.07 bits per heavy atom. The van der Waals surface area contributed by atoms with Crippen molar-refractivity contribution in [3.05, 3.63) is 59.3 Å². The Kier molecular flexibility index (Phi) is 5.50. The number of nitrogens with zero attached hydrogens (tertiary/aromatic N) is 2. The number of hydrogen-bond acceptors (Lipinski definition) is 6. The third-order valence-corrected chi connectivity index (χ3v) is 6.11. The molecule has 3 aliphatic rings. The molecule has 5 rings (SSSR count). The van der Waals surface area contributed by atoms with Crippen LogP contribution in [0.3, 0.4) is 0 Å². The van der Waals surface area contributed by atoms with E-state index < -0.39 is 6.10 Å². The van der Waals surface area contributed by atoms with Crippen molar-refractivity contribution in [3.63, 3.8) is 0 Å². The van der Waals surface area contributed by atoms with Gasteiger partial charge in [-0.1, -0.05) is 24.3 Å². The van der Waals surface area contributed by atoms with Gasteiger partial charge in [0.25, 0.3) is 0 Å². The summed E-state index contributed by atoms with van der Waals surface area (Å²) in [5.74, 6) is 1.75. The van der Waals surface area contributed by atoms with Crippen LogP contribution >= 0.6 is 0 Å². The largest absolute Gasteiger partial charge is 0.390 e. The Bertz CT molecular complexity index is 841. The zero-order valence-corrected chi connectivity index (χ0v) is 16.8. The number of ether oxygens (including phenoxy) is 1. The molecule has 3 N–H and O–H groups in total. The highest BCUT2D eigenvalue weighted by molar-refractivity contribution is 5.39. The summed E-state index contributed by atoms with van der Waals surface area (Å²) in [4.78, 5) is 6.73. The van der Waals surface area contributed by atoms with Gasteiger partial charge < -0.3 is 15.2 Å². The third kappa shape index (κ3) is 4.95. The summed E-state index contributed by atoms with van der Waals surface area (Å²) in [6.45, 7) is 4.16. The number of aliphatic hydroxyl groups is 1. The lowest BCUT2D eigenvalue weighted by molar-refractivity contribution is 0.101. The van der Waals surface area contributed by atoms with Gasteiger partial charge in [0, 0.05) is 38.9 Å². The van der Waals surface area contributed by atoms with Crippen molar-refractivity contribution in [2.75, 3.05) is 31.5 Å². The summed E-state index contributed by atoms with van der Waals surface area (Å²) in [5.41, 5.74) is 3.96. The predicted octanol–water partition coefficient (Wildman–Crippen LogP) is 2.31. The third-order valence-electron chi connectivity index (χ3n) is 6.11. The van der Waals surface area contributed by atoms with Crippen molar-refractivity contribution >= 4 is 5.82 Å². The van der Waals surface area contributed by atoms with Gasteiger partial charge in [0.05, 0.1) is 6.10 Å². The van der Waals surface area contributed by atoms with E-state index in [4.69, 9.17) is 4.74 Å². The van der Waals surface area contributed by atoms with E-state index >= 15 is 0 Å². The molecule has 1 saturated carbocycles. The Morgan fingerprint density at radius 3 is 2.93 bits per heavy atom. The molecule has 1 aliphatic carbocycles. The van der Waals surface area contributed by atoms with Gasteiger partial charge in [-0.15, -0.1) is 0 Å². The number of hydrogen-bond donors (Lipinski definition) is 3. The van der Waals surface area contributed by atoms with Crippen LogP contribution in [-0.2, 0) is 17.7 Å². The second-order valence-electron chi connectivity index (χ2n) is 8.59. The van der Waals surface area contributed by atoms with Gasteiger partial charge in [0.2, 0.25) is 0 Å². The van der Waals surface area contributed by atoms with Crippen molar-refractivity contribution in [1.82, 2.24) is 15.2 Å². The summed E-state index contributed by atoms with van der Waals surface area (Å²) >= 11 is 0. The van der Waals surface area contributed by atoms with Crippen LogP contribution in [0.2, 0.25) is 0 Å². The van der Waals surface area contributed by atoms with Crippen LogP contribution in [0.4, 0.5) is 5.82 Å².